The predicted molar refractivity (Wildman–Crippen MR) is 230 cm³/mol. The minimum absolute atomic E-state index is 0.00931. The van der Waals surface area contributed by atoms with Gasteiger partial charge >= 0.3 is 0 Å². The Balaban J connectivity index is 2.64. The van der Waals surface area contributed by atoms with E-state index in [0.717, 1.165) is 49.0 Å². The Morgan fingerprint density at radius 3 is 1.52 bits per heavy atom. The third-order valence-electron chi connectivity index (χ3n) is 12.4. The highest BCUT2D eigenvalue weighted by atomic mass is 28.4. The quantitative estimate of drug-likeness (QED) is 0.0461. The van der Waals surface area contributed by atoms with E-state index < -0.39 is 25.0 Å². The van der Waals surface area contributed by atoms with Gasteiger partial charge in [-0.3, -0.25) is 0 Å². The summed E-state index contributed by atoms with van der Waals surface area (Å²) < 4.78 is 28.3. The number of ether oxygens (including phenoxy) is 1. The van der Waals surface area contributed by atoms with Crippen LogP contribution in [0.25, 0.3) is 0 Å². The molecule has 0 fully saturated rings. The molecule has 2 aromatic carbocycles. The van der Waals surface area contributed by atoms with Crippen LogP contribution >= 0.6 is 0 Å². The van der Waals surface area contributed by atoms with Crippen molar-refractivity contribution in [3.8, 4) is 0 Å². The van der Waals surface area contributed by atoms with E-state index in [1.165, 1.54) is 15.9 Å². The monoisotopic (exact) mass is 769 g/mol. The highest BCUT2D eigenvalue weighted by molar-refractivity contribution is 6.99. The van der Waals surface area contributed by atoms with Gasteiger partial charge in [0, 0.05) is 31.5 Å². The first-order chi connectivity index (χ1) is 24.6. The van der Waals surface area contributed by atoms with Crippen LogP contribution in [0.2, 0.25) is 41.3 Å². The SMILES string of the molecule is CC[Si](CC)(CC)O[C@H]([C@H](C)[C@H](OC)[C@@H](C)C=O)[C@H](C)[C@@H](O[Si](CC)(CC)CC)/C(C)=C/CCO[Si](c1ccccc1)(c1ccccc1)C(C)(C)C. The summed E-state index contributed by atoms with van der Waals surface area (Å²) in [7, 11) is -4.96. The van der Waals surface area contributed by atoms with Gasteiger partial charge in [0.1, 0.15) is 6.29 Å². The zero-order chi connectivity index (χ0) is 39.2. The van der Waals surface area contributed by atoms with Crippen LogP contribution in [-0.2, 0) is 22.8 Å². The molecule has 2 aromatic rings. The Labute approximate surface area is 323 Å². The molecule has 0 unspecified atom stereocenters. The number of hydrogen-bond donors (Lipinski definition) is 0. The lowest BCUT2D eigenvalue weighted by Crippen LogP contribution is -2.66. The maximum atomic E-state index is 12.1. The topological polar surface area (TPSA) is 54.0 Å². The predicted octanol–water partition coefficient (Wildman–Crippen LogP) is 10.8. The van der Waals surface area contributed by atoms with Crippen molar-refractivity contribution in [2.75, 3.05) is 13.7 Å². The van der Waals surface area contributed by atoms with Crippen LogP contribution in [-0.4, -0.2) is 63.3 Å². The van der Waals surface area contributed by atoms with Gasteiger partial charge in [-0.25, -0.2) is 0 Å². The minimum atomic E-state index is -2.64. The Morgan fingerprint density at radius 1 is 0.692 bits per heavy atom. The molecule has 0 heterocycles. The maximum absolute atomic E-state index is 12.1. The summed E-state index contributed by atoms with van der Waals surface area (Å²) >= 11 is 0. The summed E-state index contributed by atoms with van der Waals surface area (Å²) in [6, 6.07) is 28.2. The van der Waals surface area contributed by atoms with Gasteiger partial charge in [0.25, 0.3) is 8.32 Å². The molecule has 0 amide bonds. The lowest BCUT2D eigenvalue weighted by molar-refractivity contribution is -0.118. The molecule has 5 nitrogen and oxygen atoms in total. The van der Waals surface area contributed by atoms with Gasteiger partial charge in [-0.15, -0.1) is 0 Å². The van der Waals surface area contributed by atoms with E-state index in [0.29, 0.717) is 6.61 Å². The first-order valence-electron chi connectivity index (χ1n) is 20.4. The van der Waals surface area contributed by atoms with Crippen molar-refractivity contribution >= 4 is 41.6 Å². The fourth-order valence-electron chi connectivity index (χ4n) is 8.59. The molecule has 0 bridgehead atoms. The summed E-state index contributed by atoms with van der Waals surface area (Å²) in [5.74, 6) is -0.160. The standard InChI is InChI=1S/C44H76O5Si3/c1-15-50(16-2,17-3)48-42(38(10)43(49-51(18-4,19-5)20-6)37(9)41(46-14)36(8)34-45)35(7)28-27-33-47-52(44(11,12)13,39-29-23-21-24-30-39)40-31-25-22-26-32-40/h21-26,28-32,34,36-38,41-43H,15-20,27,33H2,1-14H3/b35-28+/t36-,37+,38+,41+,42-,43+/m0/s1. The van der Waals surface area contributed by atoms with Crippen molar-refractivity contribution in [3.05, 3.63) is 72.3 Å². The summed E-state index contributed by atoms with van der Waals surface area (Å²) in [4.78, 5) is 12.1. The Bertz CT molecular complexity index is 1260. The Morgan fingerprint density at radius 2 is 1.13 bits per heavy atom. The van der Waals surface area contributed by atoms with Crippen LogP contribution in [0, 0.1) is 17.8 Å². The molecule has 0 spiro atoms. The zero-order valence-corrected chi connectivity index (χ0v) is 38.6. The van der Waals surface area contributed by atoms with E-state index in [1.54, 1.807) is 7.11 Å². The molecule has 0 N–H and O–H groups in total. The molecule has 0 radical (unpaired) electrons. The molecule has 6 atom stereocenters. The lowest BCUT2D eigenvalue weighted by Gasteiger charge is -2.45. The number of rotatable bonds is 24. The van der Waals surface area contributed by atoms with Crippen molar-refractivity contribution < 1.29 is 22.8 Å². The highest BCUT2D eigenvalue weighted by Crippen LogP contribution is 2.39. The molecular formula is C44H76O5Si3. The number of aldehydes is 1. The average Bonchev–Trinajstić information content (AvgIpc) is 3.16. The molecule has 0 aromatic heterocycles. The lowest BCUT2D eigenvalue weighted by atomic mass is 9.81. The largest absolute Gasteiger partial charge is 0.413 e. The van der Waals surface area contributed by atoms with E-state index >= 15 is 0 Å². The summed E-state index contributed by atoms with van der Waals surface area (Å²) in [6.45, 7) is 30.2. The van der Waals surface area contributed by atoms with Gasteiger partial charge in [-0.1, -0.05) is 150 Å². The van der Waals surface area contributed by atoms with Crippen LogP contribution in [0.4, 0.5) is 0 Å². The van der Waals surface area contributed by atoms with E-state index in [-0.39, 0.29) is 41.1 Å². The number of methoxy groups -OCH3 is 1. The van der Waals surface area contributed by atoms with Gasteiger partial charge in [0.05, 0.1) is 18.3 Å². The molecule has 0 saturated heterocycles. The third kappa shape index (κ3) is 11.0. The first-order valence-corrected chi connectivity index (χ1v) is 27.4. The van der Waals surface area contributed by atoms with Crippen molar-refractivity contribution in [2.45, 2.75) is 156 Å². The van der Waals surface area contributed by atoms with Crippen LogP contribution in [0.15, 0.2) is 72.3 Å². The smallest absolute Gasteiger partial charge is 0.261 e. The number of benzene rings is 2. The molecule has 0 saturated carbocycles. The second-order valence-corrected chi connectivity index (χ2v) is 30.0. The van der Waals surface area contributed by atoms with E-state index in [9.17, 15) is 4.79 Å². The van der Waals surface area contributed by atoms with Gasteiger partial charge in [-0.2, -0.15) is 0 Å². The fourth-order valence-corrected chi connectivity index (χ4v) is 19.1. The molecule has 0 aliphatic carbocycles. The Hall–Kier alpha value is -1.66. The molecule has 8 heteroatoms. The van der Waals surface area contributed by atoms with Gasteiger partial charge < -0.3 is 22.8 Å². The normalized spacial score (nSPS) is 16.9. The van der Waals surface area contributed by atoms with E-state index in [4.69, 9.17) is 18.0 Å². The molecule has 0 aliphatic heterocycles. The second kappa shape index (κ2) is 21.4. The second-order valence-electron chi connectivity index (χ2n) is 16.3. The van der Waals surface area contributed by atoms with Crippen LogP contribution in [0.3, 0.4) is 0 Å². The van der Waals surface area contributed by atoms with Crippen molar-refractivity contribution in [1.29, 1.82) is 0 Å². The van der Waals surface area contributed by atoms with Crippen molar-refractivity contribution in [2.24, 2.45) is 17.8 Å². The average molecular weight is 769 g/mol. The van der Waals surface area contributed by atoms with Gasteiger partial charge in [0.15, 0.2) is 16.6 Å². The minimum Gasteiger partial charge on any atom is -0.413 e. The highest BCUT2D eigenvalue weighted by Gasteiger charge is 2.50. The number of carbonyl (C=O) groups excluding carboxylic acids is 1. The maximum Gasteiger partial charge on any atom is 0.261 e. The van der Waals surface area contributed by atoms with Crippen molar-refractivity contribution in [1.82, 2.24) is 0 Å². The molecular weight excluding hydrogens is 693 g/mol. The first kappa shape index (κ1) is 46.5. The summed E-state index contributed by atoms with van der Waals surface area (Å²) in [5, 5.41) is 2.53. The van der Waals surface area contributed by atoms with Gasteiger partial charge in [-0.05, 0) is 70.6 Å². The zero-order valence-electron chi connectivity index (χ0n) is 35.6. The molecule has 0 aliphatic rings. The number of hydrogen-bond acceptors (Lipinski definition) is 5. The molecule has 52 heavy (non-hydrogen) atoms. The van der Waals surface area contributed by atoms with E-state index in [2.05, 4.69) is 150 Å². The van der Waals surface area contributed by atoms with Crippen molar-refractivity contribution in [3.63, 3.8) is 0 Å². The van der Waals surface area contributed by atoms with Crippen LogP contribution in [0.5, 0.6) is 0 Å². The fraction of sp³-hybridized carbons (Fsp3) is 0.659. The van der Waals surface area contributed by atoms with Gasteiger partial charge in [0.2, 0.25) is 0 Å². The molecule has 2 rings (SSSR count). The third-order valence-corrected chi connectivity index (χ3v) is 26.7. The summed E-state index contributed by atoms with van der Waals surface area (Å²) in [5.41, 5.74) is 1.25. The molecule has 294 valence electrons. The van der Waals surface area contributed by atoms with E-state index in [1.807, 2.05) is 6.92 Å². The van der Waals surface area contributed by atoms with Crippen LogP contribution < -0.4 is 10.4 Å². The Kier molecular flexibility index (Phi) is 19.2. The summed E-state index contributed by atoms with van der Waals surface area (Å²) in [6.07, 6.45) is 3.75. The van der Waals surface area contributed by atoms with Crippen LogP contribution in [0.1, 0.15) is 96.4 Å². The number of carbonyl (C=O) groups is 1.